The van der Waals surface area contributed by atoms with Crippen molar-refractivity contribution in [1.82, 2.24) is 14.8 Å². The highest BCUT2D eigenvalue weighted by molar-refractivity contribution is 5.86. The van der Waals surface area contributed by atoms with E-state index in [1.807, 2.05) is 0 Å². The number of aromatic nitrogens is 1. The Balaban J connectivity index is 1.30. The van der Waals surface area contributed by atoms with Crippen LogP contribution in [0.25, 0.3) is 0 Å². The first-order chi connectivity index (χ1) is 13.6. The number of rotatable bonds is 3. The van der Waals surface area contributed by atoms with Crippen molar-refractivity contribution in [3.63, 3.8) is 0 Å². The molecule has 0 spiro atoms. The molecule has 1 fully saturated rings. The minimum absolute atomic E-state index is 0.171. The third-order valence-corrected chi connectivity index (χ3v) is 4.63. The molecular formula is C19H20N4O5. The number of hydrogen-bond acceptors (Lipinski definition) is 7. The molecule has 2 aliphatic heterocycles. The maximum atomic E-state index is 12.8. The number of anilines is 1. The molecule has 0 bridgehead atoms. The Hall–Kier alpha value is -3.49. The van der Waals surface area contributed by atoms with Crippen LogP contribution in [0.4, 0.5) is 10.5 Å². The monoisotopic (exact) mass is 384 g/mol. The molecule has 1 unspecified atom stereocenters. The highest BCUT2D eigenvalue weighted by atomic mass is 16.6. The maximum Gasteiger partial charge on any atom is 0.415 e. The number of methoxy groups -OCH3 is 1. The van der Waals surface area contributed by atoms with E-state index in [2.05, 4.69) is 10.3 Å². The van der Waals surface area contributed by atoms with Crippen molar-refractivity contribution in [3.05, 3.63) is 42.7 Å². The van der Waals surface area contributed by atoms with E-state index in [0.717, 1.165) is 5.69 Å². The van der Waals surface area contributed by atoms with Gasteiger partial charge < -0.3 is 29.3 Å². The van der Waals surface area contributed by atoms with E-state index in [9.17, 15) is 9.59 Å². The van der Waals surface area contributed by atoms with Gasteiger partial charge in [-0.05, 0) is 24.3 Å². The van der Waals surface area contributed by atoms with Gasteiger partial charge in [0.1, 0.15) is 11.5 Å². The Labute approximate surface area is 161 Å². The predicted octanol–water partition coefficient (Wildman–Crippen LogP) is 1.56. The fourth-order valence-corrected chi connectivity index (χ4v) is 3.11. The first kappa shape index (κ1) is 17.9. The van der Waals surface area contributed by atoms with Crippen molar-refractivity contribution in [3.8, 4) is 17.2 Å². The summed E-state index contributed by atoms with van der Waals surface area (Å²) in [5, 5.41) is 3.07. The van der Waals surface area contributed by atoms with Gasteiger partial charge >= 0.3 is 6.09 Å². The van der Waals surface area contributed by atoms with Gasteiger partial charge in [0.15, 0.2) is 5.75 Å². The molecule has 4 rings (SSSR count). The Morgan fingerprint density at radius 2 is 1.93 bits per heavy atom. The van der Waals surface area contributed by atoms with E-state index in [-0.39, 0.29) is 5.91 Å². The Morgan fingerprint density at radius 1 is 1.14 bits per heavy atom. The van der Waals surface area contributed by atoms with E-state index >= 15 is 0 Å². The van der Waals surface area contributed by atoms with Crippen molar-refractivity contribution in [2.45, 2.75) is 6.23 Å². The number of fused-ring (bicyclic) bond motifs is 1. The summed E-state index contributed by atoms with van der Waals surface area (Å²) in [6.07, 6.45) is 1.86. The first-order valence-electron chi connectivity index (χ1n) is 8.91. The molecule has 1 atom stereocenters. The SMILES string of the molecule is COc1ccc2c(c1)NC(C(=O)N1CCN(C(=O)Oc3cccnc3)CC1)O2. The molecule has 2 amide bonds. The maximum absolute atomic E-state index is 12.8. The number of piperazine rings is 1. The van der Waals surface area contributed by atoms with Crippen LogP contribution >= 0.6 is 0 Å². The fraction of sp³-hybridized carbons (Fsp3) is 0.316. The molecule has 28 heavy (non-hydrogen) atoms. The second-order valence-electron chi connectivity index (χ2n) is 6.37. The van der Waals surface area contributed by atoms with Gasteiger partial charge in [-0.3, -0.25) is 9.78 Å². The summed E-state index contributed by atoms with van der Waals surface area (Å²) in [6.45, 7) is 1.58. The van der Waals surface area contributed by atoms with Crippen molar-refractivity contribution < 1.29 is 23.8 Å². The molecule has 9 nitrogen and oxygen atoms in total. The molecule has 146 valence electrons. The summed E-state index contributed by atoms with van der Waals surface area (Å²) in [4.78, 5) is 32.1. The molecule has 0 radical (unpaired) electrons. The van der Waals surface area contributed by atoms with Crippen LogP contribution in [0.3, 0.4) is 0 Å². The number of amides is 2. The van der Waals surface area contributed by atoms with Crippen molar-refractivity contribution in [1.29, 1.82) is 0 Å². The molecule has 9 heteroatoms. The van der Waals surface area contributed by atoms with Crippen LogP contribution in [0.2, 0.25) is 0 Å². The van der Waals surface area contributed by atoms with E-state index in [4.69, 9.17) is 14.2 Å². The molecule has 1 aromatic carbocycles. The topological polar surface area (TPSA) is 93.2 Å². The van der Waals surface area contributed by atoms with Gasteiger partial charge in [0.2, 0.25) is 6.23 Å². The Bertz CT molecular complexity index is 868. The largest absolute Gasteiger partial charge is 0.497 e. The van der Waals surface area contributed by atoms with E-state index < -0.39 is 12.3 Å². The number of benzene rings is 1. The number of carbonyl (C=O) groups excluding carboxylic acids is 2. The van der Waals surface area contributed by atoms with Gasteiger partial charge in [-0.25, -0.2) is 4.79 Å². The standard InChI is InChI=1S/C19H20N4O5/c1-26-13-4-5-16-15(11-13)21-17(28-16)18(24)22-7-9-23(10-8-22)19(25)27-14-3-2-6-20-12-14/h2-6,11-12,17,21H,7-10H2,1H3. The van der Waals surface area contributed by atoms with Crippen LogP contribution in [0.5, 0.6) is 17.2 Å². The summed E-state index contributed by atoms with van der Waals surface area (Å²) in [5.41, 5.74) is 0.719. The van der Waals surface area contributed by atoms with E-state index in [0.29, 0.717) is 43.4 Å². The van der Waals surface area contributed by atoms with Gasteiger partial charge in [-0.2, -0.15) is 0 Å². The van der Waals surface area contributed by atoms with E-state index in [1.165, 1.54) is 6.20 Å². The summed E-state index contributed by atoms with van der Waals surface area (Å²) < 4.78 is 16.2. The van der Waals surface area contributed by atoms with Gasteiger partial charge in [-0.1, -0.05) is 0 Å². The average Bonchev–Trinajstić information content (AvgIpc) is 3.17. The summed E-state index contributed by atoms with van der Waals surface area (Å²) >= 11 is 0. The predicted molar refractivity (Wildman–Crippen MR) is 99.4 cm³/mol. The third kappa shape index (κ3) is 3.64. The van der Waals surface area contributed by atoms with Crippen LogP contribution in [0.1, 0.15) is 0 Å². The van der Waals surface area contributed by atoms with Crippen LogP contribution in [-0.4, -0.2) is 66.3 Å². The van der Waals surface area contributed by atoms with Crippen LogP contribution in [-0.2, 0) is 4.79 Å². The molecular weight excluding hydrogens is 364 g/mol. The van der Waals surface area contributed by atoms with Crippen LogP contribution in [0.15, 0.2) is 42.7 Å². The fourth-order valence-electron chi connectivity index (χ4n) is 3.11. The second-order valence-corrected chi connectivity index (χ2v) is 6.37. The molecule has 1 saturated heterocycles. The first-order valence-corrected chi connectivity index (χ1v) is 8.91. The molecule has 0 saturated carbocycles. The Morgan fingerprint density at radius 3 is 2.64 bits per heavy atom. The lowest BCUT2D eigenvalue weighted by Crippen LogP contribution is -2.54. The highest BCUT2D eigenvalue weighted by Crippen LogP contribution is 2.35. The van der Waals surface area contributed by atoms with Gasteiger partial charge in [-0.15, -0.1) is 0 Å². The number of pyridine rings is 1. The number of ether oxygens (including phenoxy) is 3. The molecule has 3 heterocycles. The third-order valence-electron chi connectivity index (χ3n) is 4.63. The molecule has 0 aliphatic carbocycles. The van der Waals surface area contributed by atoms with Gasteiger partial charge in [0, 0.05) is 38.4 Å². The normalized spacial score (nSPS) is 18.0. The zero-order valence-electron chi connectivity index (χ0n) is 15.3. The van der Waals surface area contributed by atoms with Crippen molar-refractivity contribution >= 4 is 17.7 Å². The van der Waals surface area contributed by atoms with Crippen LogP contribution < -0.4 is 19.5 Å². The number of nitrogens with zero attached hydrogens (tertiary/aromatic N) is 3. The molecule has 2 aliphatic rings. The summed E-state index contributed by atoms with van der Waals surface area (Å²) in [7, 11) is 1.58. The molecule has 1 aromatic heterocycles. The average molecular weight is 384 g/mol. The smallest absolute Gasteiger partial charge is 0.415 e. The van der Waals surface area contributed by atoms with E-state index in [1.54, 1.807) is 53.4 Å². The minimum atomic E-state index is -0.781. The van der Waals surface area contributed by atoms with Crippen molar-refractivity contribution in [2.24, 2.45) is 0 Å². The molecule has 2 aromatic rings. The number of nitrogens with one attached hydrogen (secondary N) is 1. The summed E-state index contributed by atoms with van der Waals surface area (Å²) in [5.74, 6) is 1.51. The summed E-state index contributed by atoms with van der Waals surface area (Å²) in [6, 6.07) is 8.69. The minimum Gasteiger partial charge on any atom is -0.497 e. The van der Waals surface area contributed by atoms with Crippen molar-refractivity contribution in [2.75, 3.05) is 38.6 Å². The number of carbonyl (C=O) groups is 2. The lowest BCUT2D eigenvalue weighted by molar-refractivity contribution is -0.138. The van der Waals surface area contributed by atoms with Gasteiger partial charge in [0.05, 0.1) is 19.0 Å². The highest BCUT2D eigenvalue weighted by Gasteiger charge is 2.34. The van der Waals surface area contributed by atoms with Crippen LogP contribution in [0, 0.1) is 0 Å². The zero-order chi connectivity index (χ0) is 19.5. The lowest BCUT2D eigenvalue weighted by atomic mass is 10.3. The Kier molecular flexibility index (Phi) is 4.88. The zero-order valence-corrected chi connectivity index (χ0v) is 15.3. The molecule has 1 N–H and O–H groups in total. The number of hydrogen-bond donors (Lipinski definition) is 1. The van der Waals surface area contributed by atoms with Gasteiger partial charge in [0.25, 0.3) is 5.91 Å². The quantitative estimate of drug-likeness (QED) is 0.858. The second kappa shape index (κ2) is 7.63. The lowest BCUT2D eigenvalue weighted by Gasteiger charge is -2.34.